The lowest BCUT2D eigenvalue weighted by molar-refractivity contribution is -0.418. The van der Waals surface area contributed by atoms with E-state index in [1.807, 2.05) is 13.8 Å². The number of nitrogens with one attached hydrogen (secondary N) is 1. The summed E-state index contributed by atoms with van der Waals surface area (Å²) < 4.78 is 12.1. The SMILES string of the molecule is CC(C)[C@H]([NH3+])C(=O)OC[C@H](CO)OCn1cnc2c(=O)[nH]c(N)nc21. The number of nitrogens with two attached hydrogens (primary N) is 1. The van der Waals surface area contributed by atoms with Crippen molar-refractivity contribution in [2.24, 2.45) is 5.92 Å². The Balaban J connectivity index is 1.97. The summed E-state index contributed by atoms with van der Waals surface area (Å²) >= 11 is 0. The maximum Gasteiger partial charge on any atom is 0.365 e. The van der Waals surface area contributed by atoms with E-state index in [-0.39, 0.29) is 43.0 Å². The Labute approximate surface area is 142 Å². The molecule has 2 atom stereocenters. The lowest BCUT2D eigenvalue weighted by atomic mass is 10.1. The van der Waals surface area contributed by atoms with Gasteiger partial charge in [0.15, 0.2) is 17.2 Å². The standard InChI is InChI=1S/C14H22N6O5/c1-7(2)9(15)13(23)24-4-8(3-21)25-6-20-5-17-10-11(20)18-14(16)19-12(10)22/h5,7-9,21H,3-4,6,15H2,1-2H3,(H3,16,18,19,22)/p+1/t8-,9-/m0/s1. The third-order valence-electron chi connectivity index (χ3n) is 3.67. The number of rotatable bonds is 8. The summed E-state index contributed by atoms with van der Waals surface area (Å²) in [5.41, 5.74) is 9.18. The summed E-state index contributed by atoms with van der Waals surface area (Å²) in [4.78, 5) is 33.8. The molecule has 0 aliphatic carbocycles. The second-order valence-corrected chi connectivity index (χ2v) is 5.92. The molecule has 2 aromatic heterocycles. The van der Waals surface area contributed by atoms with E-state index >= 15 is 0 Å². The smallest absolute Gasteiger partial charge is 0.365 e. The van der Waals surface area contributed by atoms with Crippen LogP contribution in [0, 0.1) is 5.92 Å². The molecule has 0 saturated carbocycles. The summed E-state index contributed by atoms with van der Waals surface area (Å²) in [6, 6.07) is -0.490. The molecule has 0 aromatic carbocycles. The first-order chi connectivity index (χ1) is 11.8. The van der Waals surface area contributed by atoms with Crippen LogP contribution >= 0.6 is 0 Å². The second-order valence-electron chi connectivity index (χ2n) is 5.92. The molecule has 138 valence electrons. The number of nitrogens with zero attached hydrogens (tertiary/aromatic N) is 3. The van der Waals surface area contributed by atoms with Gasteiger partial charge in [-0.15, -0.1) is 0 Å². The van der Waals surface area contributed by atoms with Gasteiger partial charge < -0.3 is 26.0 Å². The lowest BCUT2D eigenvalue weighted by Gasteiger charge is -2.17. The number of ether oxygens (including phenoxy) is 2. The Morgan fingerprint density at radius 3 is 2.88 bits per heavy atom. The van der Waals surface area contributed by atoms with Gasteiger partial charge in [0, 0.05) is 5.92 Å². The van der Waals surface area contributed by atoms with Crippen LogP contribution in [0.1, 0.15) is 13.8 Å². The molecular weight excluding hydrogens is 332 g/mol. The first-order valence-corrected chi connectivity index (χ1v) is 7.76. The first kappa shape index (κ1) is 18.8. The fourth-order valence-corrected chi connectivity index (χ4v) is 1.96. The molecule has 0 radical (unpaired) electrons. The van der Waals surface area contributed by atoms with Crippen molar-refractivity contribution in [3.8, 4) is 0 Å². The maximum atomic E-state index is 11.8. The number of hydrogen-bond donors (Lipinski definition) is 4. The number of carbonyl (C=O) groups excluding carboxylic acids is 1. The number of quaternary nitrogens is 1. The summed E-state index contributed by atoms with van der Waals surface area (Å²) in [6.45, 7) is 3.22. The van der Waals surface area contributed by atoms with E-state index in [0.29, 0.717) is 0 Å². The molecule has 25 heavy (non-hydrogen) atoms. The molecule has 0 unspecified atom stereocenters. The number of aliphatic hydroxyl groups is 1. The van der Waals surface area contributed by atoms with Gasteiger partial charge in [-0.3, -0.25) is 14.3 Å². The first-order valence-electron chi connectivity index (χ1n) is 7.76. The Morgan fingerprint density at radius 1 is 1.52 bits per heavy atom. The number of carbonyl (C=O) groups is 1. The van der Waals surface area contributed by atoms with E-state index in [2.05, 4.69) is 20.7 Å². The zero-order valence-electron chi connectivity index (χ0n) is 14.1. The molecule has 0 amide bonds. The van der Waals surface area contributed by atoms with Crippen LogP contribution in [-0.4, -0.2) is 56.0 Å². The number of imidazole rings is 1. The molecule has 2 rings (SSSR count). The lowest BCUT2D eigenvalue weighted by Crippen LogP contribution is -2.67. The number of fused-ring (bicyclic) bond motifs is 1. The molecule has 11 nitrogen and oxygen atoms in total. The number of esters is 1. The number of hydrogen-bond acceptors (Lipinski definition) is 8. The fraction of sp³-hybridized carbons (Fsp3) is 0.571. The minimum Gasteiger partial charge on any atom is -0.458 e. The summed E-state index contributed by atoms with van der Waals surface area (Å²) in [5.74, 6) is -0.443. The van der Waals surface area contributed by atoms with Crippen molar-refractivity contribution < 1.29 is 25.1 Å². The van der Waals surface area contributed by atoms with Gasteiger partial charge in [-0.25, -0.2) is 9.78 Å². The highest BCUT2D eigenvalue weighted by Gasteiger charge is 2.24. The van der Waals surface area contributed by atoms with E-state index in [1.54, 1.807) is 0 Å². The monoisotopic (exact) mass is 355 g/mol. The van der Waals surface area contributed by atoms with Crippen molar-refractivity contribution in [3.05, 3.63) is 16.7 Å². The largest absolute Gasteiger partial charge is 0.458 e. The van der Waals surface area contributed by atoms with Crippen molar-refractivity contribution in [1.29, 1.82) is 0 Å². The van der Waals surface area contributed by atoms with Gasteiger partial charge in [0.1, 0.15) is 19.4 Å². The average molecular weight is 355 g/mol. The number of aliphatic hydroxyl groups excluding tert-OH is 1. The Hall–Kier alpha value is -2.50. The second kappa shape index (κ2) is 8.05. The van der Waals surface area contributed by atoms with Crippen LogP contribution in [-0.2, 0) is 21.0 Å². The molecule has 0 fully saturated rings. The van der Waals surface area contributed by atoms with Crippen molar-refractivity contribution in [1.82, 2.24) is 19.5 Å². The number of aromatic nitrogens is 4. The molecule has 11 heteroatoms. The zero-order valence-corrected chi connectivity index (χ0v) is 14.1. The van der Waals surface area contributed by atoms with E-state index in [9.17, 15) is 14.7 Å². The average Bonchev–Trinajstić information content (AvgIpc) is 2.97. The third kappa shape index (κ3) is 4.53. The van der Waals surface area contributed by atoms with Crippen LogP contribution in [0.4, 0.5) is 5.95 Å². The molecule has 7 N–H and O–H groups in total. The highest BCUT2D eigenvalue weighted by atomic mass is 16.6. The highest BCUT2D eigenvalue weighted by molar-refractivity contribution is 5.74. The quantitative estimate of drug-likeness (QED) is 0.388. The van der Waals surface area contributed by atoms with Crippen LogP contribution in [0.3, 0.4) is 0 Å². The number of aromatic amines is 1. The maximum absolute atomic E-state index is 11.8. The molecule has 2 aromatic rings. The van der Waals surface area contributed by atoms with Gasteiger partial charge in [-0.05, 0) is 0 Å². The van der Waals surface area contributed by atoms with Crippen LogP contribution in [0.15, 0.2) is 11.1 Å². The van der Waals surface area contributed by atoms with Crippen LogP contribution < -0.4 is 17.0 Å². The van der Waals surface area contributed by atoms with Crippen molar-refractivity contribution >= 4 is 23.1 Å². The molecule has 0 aliphatic rings. The minimum atomic E-state index is -0.736. The van der Waals surface area contributed by atoms with Crippen LogP contribution in [0.2, 0.25) is 0 Å². The van der Waals surface area contributed by atoms with Crippen LogP contribution in [0.25, 0.3) is 11.2 Å². The molecule has 0 aliphatic heterocycles. The Kier molecular flexibility index (Phi) is 6.07. The normalized spacial score (nSPS) is 14.0. The van der Waals surface area contributed by atoms with E-state index in [1.165, 1.54) is 10.9 Å². The number of anilines is 1. The molecule has 2 heterocycles. The minimum absolute atomic E-state index is 0.0398. The number of H-pyrrole nitrogens is 1. The van der Waals surface area contributed by atoms with Crippen molar-refractivity contribution in [2.45, 2.75) is 32.7 Å². The van der Waals surface area contributed by atoms with E-state index in [0.717, 1.165) is 0 Å². The molecule has 0 spiro atoms. The van der Waals surface area contributed by atoms with Gasteiger partial charge in [-0.1, -0.05) is 13.8 Å². The zero-order chi connectivity index (χ0) is 18.6. The van der Waals surface area contributed by atoms with Gasteiger partial charge in [0.05, 0.1) is 12.9 Å². The topological polar surface area (TPSA) is 173 Å². The predicted octanol–water partition coefficient (Wildman–Crippen LogP) is -2.15. The van der Waals surface area contributed by atoms with Gasteiger partial charge >= 0.3 is 5.97 Å². The van der Waals surface area contributed by atoms with Gasteiger partial charge in [0.25, 0.3) is 5.56 Å². The van der Waals surface area contributed by atoms with E-state index in [4.69, 9.17) is 15.2 Å². The summed E-state index contributed by atoms with van der Waals surface area (Å²) in [7, 11) is 0. The summed E-state index contributed by atoms with van der Waals surface area (Å²) in [5, 5.41) is 9.37. The molecular formula is C14H23N6O5+. The Bertz CT molecular complexity index is 786. The fourth-order valence-electron chi connectivity index (χ4n) is 1.96. The van der Waals surface area contributed by atoms with Gasteiger partial charge in [0.2, 0.25) is 5.95 Å². The molecule has 0 saturated heterocycles. The Morgan fingerprint density at radius 2 is 2.24 bits per heavy atom. The van der Waals surface area contributed by atoms with E-state index < -0.39 is 23.7 Å². The van der Waals surface area contributed by atoms with Crippen molar-refractivity contribution in [2.75, 3.05) is 18.9 Å². The predicted molar refractivity (Wildman–Crippen MR) is 87.0 cm³/mol. The highest BCUT2D eigenvalue weighted by Crippen LogP contribution is 2.08. The van der Waals surface area contributed by atoms with Crippen molar-refractivity contribution in [3.63, 3.8) is 0 Å². The number of nitrogen functional groups attached to an aromatic ring is 1. The third-order valence-corrected chi connectivity index (χ3v) is 3.67. The summed E-state index contributed by atoms with van der Waals surface area (Å²) in [6.07, 6.45) is 0.637. The van der Waals surface area contributed by atoms with Gasteiger partial charge in [-0.2, -0.15) is 4.98 Å². The van der Waals surface area contributed by atoms with Crippen LogP contribution in [0.5, 0.6) is 0 Å². The molecule has 0 bridgehead atoms.